The van der Waals surface area contributed by atoms with Gasteiger partial charge in [-0.05, 0) is 32.2 Å². The molecule has 1 heterocycles. The minimum atomic E-state index is -0.272. The summed E-state index contributed by atoms with van der Waals surface area (Å²) in [6, 6.07) is 11.4. The number of halogens is 2. The molecule has 21 heavy (non-hydrogen) atoms. The van der Waals surface area contributed by atoms with Crippen LogP contribution in [0.5, 0.6) is 5.75 Å². The van der Waals surface area contributed by atoms with Crippen molar-refractivity contribution in [3.05, 3.63) is 63.4 Å². The van der Waals surface area contributed by atoms with E-state index in [0.29, 0.717) is 12.0 Å². The molecule has 2 atom stereocenters. The Morgan fingerprint density at radius 2 is 2.00 bits per heavy atom. The predicted octanol–water partition coefficient (Wildman–Crippen LogP) is 4.68. The van der Waals surface area contributed by atoms with Crippen molar-refractivity contribution in [2.24, 2.45) is 0 Å². The first-order valence-electron chi connectivity index (χ1n) is 6.98. The molecule has 4 heteroatoms. The Labute approximate surface area is 132 Å². The van der Waals surface area contributed by atoms with Crippen LogP contribution in [0, 0.1) is 12.7 Å². The molecule has 0 bridgehead atoms. The molecule has 0 radical (unpaired) electrons. The Hall–Kier alpha value is -1.39. The van der Waals surface area contributed by atoms with Crippen LogP contribution in [0.15, 0.2) is 40.9 Å². The molecule has 1 N–H and O–H groups in total. The molecule has 0 saturated heterocycles. The largest absolute Gasteiger partial charge is 0.485 e. The summed E-state index contributed by atoms with van der Waals surface area (Å²) >= 11 is 3.29. The number of ether oxygens (including phenoxy) is 1. The molecule has 0 aliphatic carbocycles. The van der Waals surface area contributed by atoms with Gasteiger partial charge in [0.25, 0.3) is 0 Å². The second kappa shape index (κ2) is 5.78. The fraction of sp³-hybridized carbons (Fsp3) is 0.294. The van der Waals surface area contributed by atoms with Gasteiger partial charge in [-0.1, -0.05) is 39.7 Å². The highest BCUT2D eigenvalue weighted by molar-refractivity contribution is 9.10. The minimum absolute atomic E-state index is 0.168. The smallest absolute Gasteiger partial charge is 0.131 e. The lowest BCUT2D eigenvalue weighted by Crippen LogP contribution is -2.27. The Morgan fingerprint density at radius 3 is 2.71 bits per heavy atom. The van der Waals surface area contributed by atoms with Crippen LogP contribution < -0.4 is 10.1 Å². The summed E-state index contributed by atoms with van der Waals surface area (Å²) in [5.74, 6) is 0.596. The predicted molar refractivity (Wildman–Crippen MR) is 85.1 cm³/mol. The van der Waals surface area contributed by atoms with E-state index in [1.807, 2.05) is 25.2 Å². The van der Waals surface area contributed by atoms with Crippen LogP contribution in [0.4, 0.5) is 4.39 Å². The standard InChI is InChI=1S/C17H17BrFNO/c1-10-3-6-16-13(7-10)15(20-2)9-17(21-16)12-5-4-11(18)8-14(12)19/h3-8,15,17,20H,9H2,1-2H3. The average Bonchev–Trinajstić information content (AvgIpc) is 2.46. The number of nitrogens with one attached hydrogen (secondary N) is 1. The maximum Gasteiger partial charge on any atom is 0.131 e. The van der Waals surface area contributed by atoms with Gasteiger partial charge in [-0.2, -0.15) is 0 Å². The van der Waals surface area contributed by atoms with Crippen molar-refractivity contribution < 1.29 is 9.13 Å². The van der Waals surface area contributed by atoms with Crippen LogP contribution in [-0.4, -0.2) is 7.05 Å². The summed E-state index contributed by atoms with van der Waals surface area (Å²) in [6.45, 7) is 2.06. The van der Waals surface area contributed by atoms with Gasteiger partial charge in [0.2, 0.25) is 0 Å². The van der Waals surface area contributed by atoms with Crippen molar-refractivity contribution in [2.45, 2.75) is 25.5 Å². The molecule has 0 fully saturated rings. The van der Waals surface area contributed by atoms with Gasteiger partial charge in [0, 0.05) is 28.1 Å². The summed E-state index contributed by atoms with van der Waals surface area (Å²) in [5, 5.41) is 3.31. The lowest BCUT2D eigenvalue weighted by molar-refractivity contribution is 0.150. The van der Waals surface area contributed by atoms with Gasteiger partial charge in [-0.15, -0.1) is 0 Å². The Balaban J connectivity index is 1.98. The van der Waals surface area contributed by atoms with Crippen LogP contribution >= 0.6 is 15.9 Å². The van der Waals surface area contributed by atoms with Crippen molar-refractivity contribution in [1.82, 2.24) is 5.32 Å². The lowest BCUT2D eigenvalue weighted by atomic mass is 9.92. The first-order valence-corrected chi connectivity index (χ1v) is 7.77. The molecule has 110 valence electrons. The maximum absolute atomic E-state index is 14.2. The van der Waals surface area contributed by atoms with Gasteiger partial charge in [-0.3, -0.25) is 0 Å². The van der Waals surface area contributed by atoms with E-state index in [0.717, 1.165) is 15.8 Å². The maximum atomic E-state index is 14.2. The van der Waals surface area contributed by atoms with Crippen LogP contribution in [0.25, 0.3) is 0 Å². The van der Waals surface area contributed by atoms with E-state index >= 15 is 0 Å². The molecule has 2 aromatic carbocycles. The second-order valence-electron chi connectivity index (χ2n) is 5.39. The summed E-state index contributed by atoms with van der Waals surface area (Å²) in [5.41, 5.74) is 2.95. The summed E-state index contributed by atoms with van der Waals surface area (Å²) in [7, 11) is 1.93. The topological polar surface area (TPSA) is 21.3 Å². The van der Waals surface area contributed by atoms with Gasteiger partial charge in [0.1, 0.15) is 17.7 Å². The molecule has 1 aliphatic rings. The monoisotopic (exact) mass is 349 g/mol. The van der Waals surface area contributed by atoms with E-state index in [2.05, 4.69) is 34.2 Å². The van der Waals surface area contributed by atoms with E-state index in [1.54, 1.807) is 6.07 Å². The van der Waals surface area contributed by atoms with Crippen molar-refractivity contribution >= 4 is 15.9 Å². The van der Waals surface area contributed by atoms with E-state index < -0.39 is 0 Å². The average molecular weight is 350 g/mol. The van der Waals surface area contributed by atoms with Crippen LogP contribution in [0.2, 0.25) is 0 Å². The van der Waals surface area contributed by atoms with E-state index in [4.69, 9.17) is 4.74 Å². The van der Waals surface area contributed by atoms with E-state index in [-0.39, 0.29) is 18.0 Å². The third kappa shape index (κ3) is 2.83. The summed E-state index contributed by atoms with van der Waals surface area (Å²) in [6.07, 6.45) is 0.441. The first kappa shape index (κ1) is 14.5. The van der Waals surface area contributed by atoms with Crippen molar-refractivity contribution in [3.8, 4) is 5.75 Å². The van der Waals surface area contributed by atoms with E-state index in [1.165, 1.54) is 11.6 Å². The normalized spacial score (nSPS) is 20.8. The van der Waals surface area contributed by atoms with Crippen LogP contribution in [0.3, 0.4) is 0 Å². The minimum Gasteiger partial charge on any atom is -0.485 e. The van der Waals surface area contributed by atoms with E-state index in [9.17, 15) is 4.39 Å². The third-order valence-corrected chi connectivity index (χ3v) is 4.41. The molecule has 0 spiro atoms. The fourth-order valence-corrected chi connectivity index (χ4v) is 3.15. The lowest BCUT2D eigenvalue weighted by Gasteiger charge is -2.32. The zero-order valence-electron chi connectivity index (χ0n) is 12.0. The molecular weight excluding hydrogens is 333 g/mol. The number of rotatable bonds is 2. The Bertz CT molecular complexity index is 674. The second-order valence-corrected chi connectivity index (χ2v) is 6.31. The quantitative estimate of drug-likeness (QED) is 0.849. The molecule has 2 aromatic rings. The molecular formula is C17H17BrFNO. The zero-order chi connectivity index (χ0) is 15.0. The van der Waals surface area contributed by atoms with Crippen LogP contribution in [0.1, 0.15) is 35.3 Å². The number of fused-ring (bicyclic) bond motifs is 1. The molecule has 3 rings (SSSR count). The molecule has 2 nitrogen and oxygen atoms in total. The molecule has 2 unspecified atom stereocenters. The SMILES string of the molecule is CNC1CC(c2ccc(Br)cc2F)Oc2ccc(C)cc21. The molecule has 1 aliphatic heterocycles. The summed E-state index contributed by atoms with van der Waals surface area (Å²) < 4.78 is 20.9. The van der Waals surface area contributed by atoms with Gasteiger partial charge in [0.15, 0.2) is 0 Å². The van der Waals surface area contributed by atoms with Crippen LogP contribution in [-0.2, 0) is 0 Å². The Morgan fingerprint density at radius 1 is 1.19 bits per heavy atom. The zero-order valence-corrected chi connectivity index (χ0v) is 13.6. The van der Waals surface area contributed by atoms with Gasteiger partial charge in [0.05, 0.1) is 0 Å². The highest BCUT2D eigenvalue weighted by atomic mass is 79.9. The summed E-state index contributed by atoms with van der Waals surface area (Å²) in [4.78, 5) is 0. The molecule has 0 aromatic heterocycles. The van der Waals surface area contributed by atoms with Gasteiger partial charge in [-0.25, -0.2) is 4.39 Å². The molecule has 0 amide bonds. The number of aryl methyl sites for hydroxylation is 1. The number of hydrogen-bond donors (Lipinski definition) is 1. The number of hydrogen-bond acceptors (Lipinski definition) is 2. The fourth-order valence-electron chi connectivity index (χ4n) is 2.82. The highest BCUT2D eigenvalue weighted by Gasteiger charge is 2.30. The third-order valence-electron chi connectivity index (χ3n) is 3.92. The highest BCUT2D eigenvalue weighted by Crippen LogP contribution is 2.41. The van der Waals surface area contributed by atoms with Crippen molar-refractivity contribution in [2.75, 3.05) is 7.05 Å². The van der Waals surface area contributed by atoms with Crippen molar-refractivity contribution in [3.63, 3.8) is 0 Å². The molecule has 0 saturated carbocycles. The number of benzene rings is 2. The Kier molecular flexibility index (Phi) is 4.00. The first-order chi connectivity index (χ1) is 10.1. The van der Waals surface area contributed by atoms with Gasteiger partial charge < -0.3 is 10.1 Å². The van der Waals surface area contributed by atoms with Gasteiger partial charge >= 0.3 is 0 Å². The van der Waals surface area contributed by atoms with Crippen molar-refractivity contribution in [1.29, 1.82) is 0 Å².